The molecule has 5 atom stereocenters. The highest BCUT2D eigenvalue weighted by atomic mass is 19.1. The number of H-pyrrole nitrogens is 1. The second-order valence-corrected chi connectivity index (χ2v) is 8.84. The van der Waals surface area contributed by atoms with E-state index in [0.29, 0.717) is 24.2 Å². The number of Topliss-reactive ketones (excluding diaryl/α,β-unsaturated/α-hetero) is 1. The van der Waals surface area contributed by atoms with Crippen LogP contribution in [0.3, 0.4) is 0 Å². The summed E-state index contributed by atoms with van der Waals surface area (Å²) in [7, 11) is 1.72. The Kier molecular flexibility index (Phi) is 7.29. The molecule has 1 fully saturated rings. The molecule has 2 aromatic rings. The summed E-state index contributed by atoms with van der Waals surface area (Å²) in [6.45, 7) is 5.83. The summed E-state index contributed by atoms with van der Waals surface area (Å²) in [5.74, 6) is 1.30. The SMILES string of the molecule is CN[C@@H](C)C(=O)NC(C)C(=O)CCC[C@H]1CC[C@H](c2c[nH]c3cc(F)ccc23)[C@H]1C. The Hall–Kier alpha value is -2.21. The van der Waals surface area contributed by atoms with Gasteiger partial charge in [0.05, 0.1) is 12.1 Å². The first-order valence-corrected chi connectivity index (χ1v) is 11.1. The number of aromatic amines is 1. The number of aromatic nitrogens is 1. The van der Waals surface area contributed by atoms with Gasteiger partial charge in [0, 0.05) is 23.5 Å². The van der Waals surface area contributed by atoms with Crippen LogP contribution in [-0.4, -0.2) is 35.8 Å². The zero-order valence-electron chi connectivity index (χ0n) is 18.4. The number of hydrogen-bond acceptors (Lipinski definition) is 3. The zero-order valence-corrected chi connectivity index (χ0v) is 18.4. The molecule has 0 radical (unpaired) electrons. The fourth-order valence-corrected chi connectivity index (χ4v) is 4.83. The molecule has 3 rings (SSSR count). The van der Waals surface area contributed by atoms with Crippen molar-refractivity contribution in [3.63, 3.8) is 0 Å². The summed E-state index contributed by atoms with van der Waals surface area (Å²) in [5, 5.41) is 6.78. The van der Waals surface area contributed by atoms with E-state index < -0.39 is 6.04 Å². The topological polar surface area (TPSA) is 74.0 Å². The first kappa shape index (κ1) is 22.5. The summed E-state index contributed by atoms with van der Waals surface area (Å²) in [6, 6.07) is 4.20. The van der Waals surface area contributed by atoms with Gasteiger partial charge in [0.25, 0.3) is 0 Å². The number of hydrogen-bond donors (Lipinski definition) is 3. The predicted octanol–water partition coefficient (Wildman–Crippen LogP) is 4.29. The van der Waals surface area contributed by atoms with Gasteiger partial charge >= 0.3 is 0 Å². The molecular formula is C24H34FN3O2. The van der Waals surface area contributed by atoms with E-state index >= 15 is 0 Å². The van der Waals surface area contributed by atoms with Gasteiger partial charge in [-0.1, -0.05) is 6.92 Å². The van der Waals surface area contributed by atoms with Crippen molar-refractivity contribution in [2.24, 2.45) is 11.8 Å². The van der Waals surface area contributed by atoms with E-state index in [0.717, 1.165) is 36.6 Å². The Morgan fingerprint density at radius 1 is 1.23 bits per heavy atom. The average Bonchev–Trinajstić information content (AvgIpc) is 3.29. The second-order valence-electron chi connectivity index (χ2n) is 8.84. The summed E-state index contributed by atoms with van der Waals surface area (Å²) in [4.78, 5) is 27.5. The van der Waals surface area contributed by atoms with Crippen LogP contribution in [0, 0.1) is 17.7 Å². The molecule has 0 spiro atoms. The number of benzene rings is 1. The quantitative estimate of drug-likeness (QED) is 0.572. The maximum atomic E-state index is 13.5. The third kappa shape index (κ3) is 4.91. The van der Waals surface area contributed by atoms with Crippen LogP contribution in [-0.2, 0) is 9.59 Å². The molecule has 0 aliphatic heterocycles. The van der Waals surface area contributed by atoms with Crippen molar-refractivity contribution in [2.45, 2.75) is 70.9 Å². The van der Waals surface area contributed by atoms with Crippen LogP contribution < -0.4 is 10.6 Å². The fraction of sp³-hybridized carbons (Fsp3) is 0.583. The van der Waals surface area contributed by atoms with Crippen LogP contribution in [0.2, 0.25) is 0 Å². The summed E-state index contributed by atoms with van der Waals surface area (Å²) in [5.41, 5.74) is 2.14. The molecule has 1 aliphatic rings. The van der Waals surface area contributed by atoms with Crippen LogP contribution in [0.1, 0.15) is 64.4 Å². The van der Waals surface area contributed by atoms with Crippen LogP contribution in [0.4, 0.5) is 4.39 Å². The Morgan fingerprint density at radius 3 is 2.73 bits per heavy atom. The van der Waals surface area contributed by atoms with Crippen LogP contribution >= 0.6 is 0 Å². The predicted molar refractivity (Wildman–Crippen MR) is 118 cm³/mol. The van der Waals surface area contributed by atoms with Crippen molar-refractivity contribution in [2.75, 3.05) is 7.05 Å². The molecule has 1 saturated carbocycles. The number of halogens is 1. The summed E-state index contributed by atoms with van der Waals surface area (Å²) < 4.78 is 13.5. The average molecular weight is 416 g/mol. The molecule has 164 valence electrons. The summed E-state index contributed by atoms with van der Waals surface area (Å²) >= 11 is 0. The lowest BCUT2D eigenvalue weighted by atomic mass is 9.84. The van der Waals surface area contributed by atoms with Gasteiger partial charge in [0.2, 0.25) is 5.91 Å². The van der Waals surface area contributed by atoms with Gasteiger partial charge in [0.15, 0.2) is 5.78 Å². The normalized spacial score (nSPS) is 23.4. The minimum absolute atomic E-state index is 0.0903. The highest BCUT2D eigenvalue weighted by Crippen LogP contribution is 2.47. The molecule has 1 aliphatic carbocycles. The van der Waals surface area contributed by atoms with E-state index in [-0.39, 0.29) is 23.5 Å². The largest absolute Gasteiger partial charge is 0.361 e. The standard InChI is InChI=1S/C24H34FN3O2/c1-14-17(6-5-7-23(29)15(2)28-24(30)16(3)26-4)8-10-19(14)21-13-27-22-12-18(25)9-11-20(21)22/h9,11-17,19,26-27H,5-8,10H2,1-4H3,(H,28,30)/t14-,15?,16-,17-,19-/m0/s1. The number of ketones is 1. The lowest BCUT2D eigenvalue weighted by Crippen LogP contribution is -2.46. The molecule has 0 saturated heterocycles. The maximum Gasteiger partial charge on any atom is 0.237 e. The van der Waals surface area contributed by atoms with E-state index in [2.05, 4.69) is 22.5 Å². The number of nitrogens with one attached hydrogen (secondary N) is 3. The van der Waals surface area contributed by atoms with E-state index in [1.165, 1.54) is 11.6 Å². The highest BCUT2D eigenvalue weighted by molar-refractivity contribution is 5.90. The van der Waals surface area contributed by atoms with Crippen LogP contribution in [0.25, 0.3) is 10.9 Å². The lowest BCUT2D eigenvalue weighted by molar-refractivity contribution is -0.128. The zero-order chi connectivity index (χ0) is 21.8. The molecule has 1 unspecified atom stereocenters. The van der Waals surface area contributed by atoms with E-state index in [9.17, 15) is 14.0 Å². The minimum atomic E-state index is -0.450. The number of likely N-dealkylation sites (N-methyl/N-ethyl adjacent to an activating group) is 1. The number of carbonyl (C=O) groups excluding carboxylic acids is 2. The molecular weight excluding hydrogens is 381 g/mol. The van der Waals surface area contributed by atoms with Gasteiger partial charge in [-0.05, 0) is 88.1 Å². The van der Waals surface area contributed by atoms with Crippen molar-refractivity contribution >= 4 is 22.6 Å². The molecule has 1 aromatic heterocycles. The van der Waals surface area contributed by atoms with Gasteiger partial charge < -0.3 is 15.6 Å². The molecule has 3 N–H and O–H groups in total. The molecule has 1 heterocycles. The second kappa shape index (κ2) is 9.73. The molecule has 6 heteroatoms. The molecule has 1 amide bonds. The number of carbonyl (C=O) groups is 2. The van der Waals surface area contributed by atoms with E-state index in [4.69, 9.17) is 0 Å². The van der Waals surface area contributed by atoms with Gasteiger partial charge in [0.1, 0.15) is 5.82 Å². The Morgan fingerprint density at radius 2 is 2.00 bits per heavy atom. The first-order chi connectivity index (χ1) is 14.3. The van der Waals surface area contributed by atoms with Crippen molar-refractivity contribution in [1.82, 2.24) is 15.6 Å². The van der Waals surface area contributed by atoms with Crippen LogP contribution in [0.5, 0.6) is 0 Å². The third-order valence-corrected chi connectivity index (χ3v) is 6.97. The monoisotopic (exact) mass is 415 g/mol. The minimum Gasteiger partial charge on any atom is -0.361 e. The van der Waals surface area contributed by atoms with Crippen molar-refractivity contribution < 1.29 is 14.0 Å². The lowest BCUT2D eigenvalue weighted by Gasteiger charge is -2.21. The van der Waals surface area contributed by atoms with Crippen molar-refractivity contribution in [1.29, 1.82) is 0 Å². The van der Waals surface area contributed by atoms with Gasteiger partial charge in [-0.15, -0.1) is 0 Å². The summed E-state index contributed by atoms with van der Waals surface area (Å²) in [6.07, 6.45) is 6.68. The maximum absolute atomic E-state index is 13.5. The number of amides is 1. The van der Waals surface area contributed by atoms with Crippen LogP contribution in [0.15, 0.2) is 24.4 Å². The number of fused-ring (bicyclic) bond motifs is 1. The first-order valence-electron chi connectivity index (χ1n) is 11.1. The highest BCUT2D eigenvalue weighted by Gasteiger charge is 2.34. The third-order valence-electron chi connectivity index (χ3n) is 6.97. The molecule has 30 heavy (non-hydrogen) atoms. The Bertz CT molecular complexity index is 894. The van der Waals surface area contributed by atoms with Crippen molar-refractivity contribution in [3.05, 3.63) is 35.8 Å². The Balaban J connectivity index is 1.50. The van der Waals surface area contributed by atoms with Crippen molar-refractivity contribution in [3.8, 4) is 0 Å². The smallest absolute Gasteiger partial charge is 0.237 e. The Labute approximate surface area is 178 Å². The molecule has 0 bridgehead atoms. The van der Waals surface area contributed by atoms with E-state index in [1.807, 2.05) is 12.3 Å². The molecule has 1 aromatic carbocycles. The van der Waals surface area contributed by atoms with Gasteiger partial charge in [-0.3, -0.25) is 9.59 Å². The van der Waals surface area contributed by atoms with Gasteiger partial charge in [-0.25, -0.2) is 4.39 Å². The van der Waals surface area contributed by atoms with E-state index in [1.54, 1.807) is 27.0 Å². The fourth-order valence-electron chi connectivity index (χ4n) is 4.83. The number of rotatable bonds is 9. The van der Waals surface area contributed by atoms with Gasteiger partial charge in [-0.2, -0.15) is 0 Å². The molecule has 5 nitrogen and oxygen atoms in total.